The van der Waals surface area contributed by atoms with Gasteiger partial charge in [-0.25, -0.2) is 4.79 Å². The molecule has 0 spiro atoms. The first-order chi connectivity index (χ1) is 7.93. The van der Waals surface area contributed by atoms with Gasteiger partial charge in [0.25, 0.3) is 0 Å². The van der Waals surface area contributed by atoms with Gasteiger partial charge in [-0.2, -0.15) is 0 Å². The number of ether oxygens (including phenoxy) is 1. The molecule has 17 heavy (non-hydrogen) atoms. The number of rotatable bonds is 3. The van der Waals surface area contributed by atoms with Crippen LogP contribution in [0.1, 0.15) is 0 Å². The molecule has 5 atom stereocenters. The first kappa shape index (κ1) is 13.7. The quantitative estimate of drug-likeness (QED) is 0.261. The molecule has 10 heteroatoms. The van der Waals surface area contributed by atoms with Crippen LogP contribution in [0.4, 0.5) is 4.79 Å². The minimum Gasteiger partial charge on any atom is -0.394 e. The van der Waals surface area contributed by atoms with Gasteiger partial charge in [-0.05, 0) is 0 Å². The topological polar surface area (TPSA) is 166 Å². The predicted octanol–water partition coefficient (Wildman–Crippen LogP) is -3.15. The van der Waals surface area contributed by atoms with E-state index in [0.717, 1.165) is 0 Å². The monoisotopic (exact) mass is 251 g/mol. The maximum atomic E-state index is 10.8. The molecule has 0 aromatic heterocycles. The van der Waals surface area contributed by atoms with Gasteiger partial charge in [0.15, 0.2) is 6.23 Å². The number of carbonyl (C=O) groups is 1. The average molecular weight is 251 g/mol. The Balaban J connectivity index is 2.91. The second kappa shape index (κ2) is 5.33. The number of carbonyl (C=O) groups excluding carboxylic acids is 1. The van der Waals surface area contributed by atoms with Gasteiger partial charge in [0.1, 0.15) is 24.4 Å². The van der Waals surface area contributed by atoms with Crippen LogP contribution in [0.5, 0.6) is 0 Å². The first-order valence-electron chi connectivity index (χ1n) is 4.66. The summed E-state index contributed by atoms with van der Waals surface area (Å²) in [6, 6.07) is -1.30. The second-order valence-corrected chi connectivity index (χ2v) is 3.48. The molecule has 1 rings (SSSR count). The number of amides is 2. The summed E-state index contributed by atoms with van der Waals surface area (Å²) in [6.07, 6.45) is -8.00. The van der Waals surface area contributed by atoms with E-state index >= 15 is 0 Å². The minimum atomic E-state index is -1.78. The summed E-state index contributed by atoms with van der Waals surface area (Å²) >= 11 is 0. The van der Waals surface area contributed by atoms with Crippen molar-refractivity contribution in [1.82, 2.24) is 5.01 Å². The Kier molecular flexibility index (Phi) is 4.31. The van der Waals surface area contributed by atoms with E-state index in [1.807, 2.05) is 0 Å². The molecule has 10 nitrogen and oxygen atoms in total. The SMILES string of the molecule is NC(=O)N(N=O)C1OC(CO)[C@@H](O)[C@@H](O)[C@@H]1O. The lowest BCUT2D eigenvalue weighted by atomic mass is 9.98. The third kappa shape index (κ3) is 2.50. The highest BCUT2D eigenvalue weighted by Gasteiger charge is 2.47. The van der Waals surface area contributed by atoms with Gasteiger partial charge in [0.05, 0.1) is 11.9 Å². The van der Waals surface area contributed by atoms with Crippen LogP contribution in [0, 0.1) is 4.91 Å². The number of nitrogens with zero attached hydrogens (tertiary/aromatic N) is 2. The van der Waals surface area contributed by atoms with Crippen molar-refractivity contribution >= 4 is 6.03 Å². The van der Waals surface area contributed by atoms with E-state index in [-0.39, 0.29) is 5.01 Å². The fourth-order valence-corrected chi connectivity index (χ4v) is 1.50. The van der Waals surface area contributed by atoms with Crippen LogP contribution in [0.2, 0.25) is 0 Å². The zero-order valence-corrected chi connectivity index (χ0v) is 8.58. The van der Waals surface area contributed by atoms with E-state index in [4.69, 9.17) is 15.6 Å². The van der Waals surface area contributed by atoms with Gasteiger partial charge in [-0.15, -0.1) is 9.92 Å². The summed E-state index contributed by atoms with van der Waals surface area (Å²) in [6.45, 7) is -0.688. The van der Waals surface area contributed by atoms with Gasteiger partial charge in [0, 0.05) is 0 Å². The lowest BCUT2D eigenvalue weighted by Crippen LogP contribution is -2.63. The molecule has 1 fully saturated rings. The molecule has 2 unspecified atom stereocenters. The van der Waals surface area contributed by atoms with Crippen molar-refractivity contribution in [3.8, 4) is 0 Å². The van der Waals surface area contributed by atoms with Gasteiger partial charge < -0.3 is 30.9 Å². The zero-order chi connectivity index (χ0) is 13.2. The van der Waals surface area contributed by atoms with Crippen LogP contribution in [0.3, 0.4) is 0 Å². The van der Waals surface area contributed by atoms with Gasteiger partial charge in [-0.1, -0.05) is 0 Å². The third-order valence-electron chi connectivity index (χ3n) is 2.42. The lowest BCUT2D eigenvalue weighted by Gasteiger charge is -2.41. The van der Waals surface area contributed by atoms with E-state index in [9.17, 15) is 25.0 Å². The van der Waals surface area contributed by atoms with Crippen LogP contribution in [-0.2, 0) is 4.74 Å². The number of primary amides is 1. The summed E-state index contributed by atoms with van der Waals surface area (Å²) in [5.74, 6) is 0. The Labute approximate surface area is 95.1 Å². The fourth-order valence-electron chi connectivity index (χ4n) is 1.50. The summed E-state index contributed by atoms with van der Waals surface area (Å²) in [4.78, 5) is 21.2. The molecule has 1 aliphatic rings. The number of hydrogen-bond donors (Lipinski definition) is 5. The number of nitrogens with two attached hydrogens (primary N) is 1. The maximum absolute atomic E-state index is 10.8. The first-order valence-corrected chi connectivity index (χ1v) is 4.66. The molecule has 0 bridgehead atoms. The standard InChI is InChI=1S/C7H13N3O7/c8-7(15)10(9-16)6-5(14)4(13)3(12)2(1-11)17-6/h2-6,11-14H,1H2,(H2,8,15)/t2?,3-,4-,5+,6?/m1/s1. The summed E-state index contributed by atoms with van der Waals surface area (Å²) in [7, 11) is 0. The Morgan fingerprint density at radius 1 is 1.29 bits per heavy atom. The van der Waals surface area contributed by atoms with E-state index in [2.05, 4.69) is 5.29 Å². The van der Waals surface area contributed by atoms with Gasteiger partial charge >= 0.3 is 6.03 Å². The molecule has 1 aliphatic heterocycles. The van der Waals surface area contributed by atoms with Crippen LogP contribution >= 0.6 is 0 Å². The Morgan fingerprint density at radius 3 is 2.29 bits per heavy atom. The number of nitroso groups, excluding NO2 is 1. The van der Waals surface area contributed by atoms with Crippen molar-refractivity contribution < 1.29 is 30.0 Å². The smallest absolute Gasteiger partial charge is 0.340 e. The highest BCUT2D eigenvalue weighted by atomic mass is 16.6. The molecule has 2 amide bonds. The van der Waals surface area contributed by atoms with Crippen LogP contribution < -0.4 is 5.73 Å². The Morgan fingerprint density at radius 2 is 1.88 bits per heavy atom. The molecule has 98 valence electrons. The number of aliphatic hydroxyl groups excluding tert-OH is 4. The highest BCUT2D eigenvalue weighted by molar-refractivity contribution is 5.71. The molecule has 0 radical (unpaired) electrons. The molecule has 1 saturated heterocycles. The number of hydrogen-bond acceptors (Lipinski definition) is 8. The summed E-state index contributed by atoms with van der Waals surface area (Å²) < 4.78 is 4.87. The van der Waals surface area contributed by atoms with Crippen molar-refractivity contribution in [3.05, 3.63) is 4.91 Å². The van der Waals surface area contributed by atoms with E-state index < -0.39 is 43.3 Å². The molecule has 0 saturated carbocycles. The highest BCUT2D eigenvalue weighted by Crippen LogP contribution is 2.23. The number of aliphatic hydroxyl groups is 4. The zero-order valence-electron chi connectivity index (χ0n) is 8.58. The molecule has 0 aliphatic carbocycles. The van der Waals surface area contributed by atoms with Crippen molar-refractivity contribution in [3.63, 3.8) is 0 Å². The van der Waals surface area contributed by atoms with Gasteiger partial charge in [-0.3, -0.25) is 0 Å². The van der Waals surface area contributed by atoms with Crippen LogP contribution in [-0.4, -0.2) is 68.7 Å². The van der Waals surface area contributed by atoms with Crippen molar-refractivity contribution in [1.29, 1.82) is 0 Å². The van der Waals surface area contributed by atoms with Crippen molar-refractivity contribution in [2.75, 3.05) is 6.61 Å². The van der Waals surface area contributed by atoms with E-state index in [1.54, 1.807) is 0 Å². The molecule has 0 aromatic carbocycles. The Bertz CT molecular complexity index is 299. The van der Waals surface area contributed by atoms with Crippen LogP contribution in [0.15, 0.2) is 5.29 Å². The molecule has 1 heterocycles. The normalized spacial score (nSPS) is 37.5. The third-order valence-corrected chi connectivity index (χ3v) is 2.42. The average Bonchev–Trinajstić information content (AvgIpc) is 2.29. The molecular weight excluding hydrogens is 238 g/mol. The predicted molar refractivity (Wildman–Crippen MR) is 51.0 cm³/mol. The second-order valence-electron chi connectivity index (χ2n) is 3.48. The molecule has 6 N–H and O–H groups in total. The summed E-state index contributed by atoms with van der Waals surface area (Å²) in [5, 5.41) is 39.5. The largest absolute Gasteiger partial charge is 0.394 e. The fraction of sp³-hybridized carbons (Fsp3) is 0.857. The minimum absolute atomic E-state index is 0.0719. The number of urea groups is 1. The maximum Gasteiger partial charge on any atom is 0.340 e. The molecular formula is C7H13N3O7. The van der Waals surface area contributed by atoms with E-state index in [0.29, 0.717) is 0 Å². The van der Waals surface area contributed by atoms with E-state index in [1.165, 1.54) is 0 Å². The molecule has 0 aromatic rings. The van der Waals surface area contributed by atoms with Crippen LogP contribution in [0.25, 0.3) is 0 Å². The van der Waals surface area contributed by atoms with Crippen molar-refractivity contribution in [2.24, 2.45) is 11.0 Å². The Hall–Kier alpha value is -1.33. The van der Waals surface area contributed by atoms with Crippen molar-refractivity contribution in [2.45, 2.75) is 30.6 Å². The lowest BCUT2D eigenvalue weighted by molar-refractivity contribution is -0.257. The summed E-state index contributed by atoms with van der Waals surface area (Å²) in [5.41, 5.74) is 4.80. The van der Waals surface area contributed by atoms with Gasteiger partial charge in [0.2, 0.25) is 0 Å².